The second-order valence-corrected chi connectivity index (χ2v) is 22.7. The molecule has 0 radical (unpaired) electrons. The van der Waals surface area contributed by atoms with Gasteiger partial charge in [-0.25, -0.2) is 4.98 Å². The minimum Gasteiger partial charge on any atom is -0.510 e. The van der Waals surface area contributed by atoms with Crippen molar-refractivity contribution >= 4 is 32.8 Å². The average molecular weight is 1140 g/mol. The van der Waals surface area contributed by atoms with Gasteiger partial charge in [0.1, 0.15) is 5.82 Å². The molecule has 0 atom stereocenters. The molecule has 0 N–H and O–H groups in total. The molecule has 0 saturated heterocycles. The first-order valence-corrected chi connectivity index (χ1v) is 24.1. The second kappa shape index (κ2) is 18.5. The standard InChI is InChI=1S/C66H66N4O.Pt/c1-42-31-55(65(9,10)11)62(56(32-42)66(12,13)14)69-41-68(60-36-45(27-30-58(60)69)46-34-47(63(3,4)5)37-48(35-46)64(6,7)8)49-23-20-24-50(38-49)71-51-28-29-53-52-25-18-19-26-57(52)70(59(53)39-51)61-33-43(2)54(40-67-61)44-21-16-15-17-22-44;/h15-37,40H,1-14H3;/q-2;/i1D3,2D3,15D,16D,17D,21D,22D;. The number of fused-ring (bicyclic) bond motifs is 4. The van der Waals surface area contributed by atoms with Crippen molar-refractivity contribution in [1.29, 1.82) is 0 Å². The molecule has 0 amide bonds. The van der Waals surface area contributed by atoms with Crippen LogP contribution in [-0.2, 0) is 42.7 Å². The Balaban J connectivity index is 0.00000828. The van der Waals surface area contributed by atoms with E-state index in [2.05, 4.69) is 143 Å². The molecule has 368 valence electrons. The number of ether oxygens (including phenoxy) is 1. The number of aryl methyl sites for hydroxylation is 2. The summed E-state index contributed by atoms with van der Waals surface area (Å²) >= 11 is 0. The van der Waals surface area contributed by atoms with Gasteiger partial charge in [0.2, 0.25) is 0 Å². The van der Waals surface area contributed by atoms with Crippen LogP contribution < -0.4 is 9.30 Å². The van der Waals surface area contributed by atoms with Gasteiger partial charge in [-0.05, 0) is 109 Å². The molecule has 7 aromatic carbocycles. The maximum absolute atomic E-state index is 8.67. The molecule has 5 nitrogen and oxygen atoms in total. The Morgan fingerprint density at radius 2 is 1.28 bits per heavy atom. The smallest absolute Gasteiger partial charge is 0.268 e. The van der Waals surface area contributed by atoms with E-state index in [9.17, 15) is 0 Å². The van der Waals surface area contributed by atoms with Crippen LogP contribution in [0.5, 0.6) is 11.5 Å². The van der Waals surface area contributed by atoms with E-state index in [-0.39, 0.29) is 60.0 Å². The van der Waals surface area contributed by atoms with Crippen LogP contribution in [0.4, 0.5) is 0 Å². The third-order valence-corrected chi connectivity index (χ3v) is 13.3. The molecule has 0 aliphatic rings. The van der Waals surface area contributed by atoms with Crippen molar-refractivity contribution < 1.29 is 45.4 Å². The maximum atomic E-state index is 8.67. The molecule has 10 aromatic rings. The Hall–Kier alpha value is -6.55. The van der Waals surface area contributed by atoms with Gasteiger partial charge in [-0.3, -0.25) is 4.57 Å². The first-order chi connectivity index (χ1) is 38.0. The third-order valence-electron chi connectivity index (χ3n) is 13.3. The van der Waals surface area contributed by atoms with E-state index in [1.54, 1.807) is 10.6 Å². The Morgan fingerprint density at radius 3 is 1.93 bits per heavy atom. The Morgan fingerprint density at radius 1 is 0.597 bits per heavy atom. The van der Waals surface area contributed by atoms with Gasteiger partial charge in [-0.2, -0.15) is 18.2 Å². The molecule has 0 spiro atoms. The summed E-state index contributed by atoms with van der Waals surface area (Å²) in [7, 11) is 0. The van der Waals surface area contributed by atoms with Crippen LogP contribution in [0.3, 0.4) is 0 Å². The Bertz CT molecular complexity index is 4120. The van der Waals surface area contributed by atoms with Crippen molar-refractivity contribution in [1.82, 2.24) is 14.1 Å². The molecule has 0 bridgehead atoms. The molecule has 6 heteroatoms. The molecule has 0 fully saturated rings. The summed E-state index contributed by atoms with van der Waals surface area (Å²) in [6, 6.07) is 39.5. The fourth-order valence-electron chi connectivity index (χ4n) is 9.38. The number of para-hydroxylation sites is 1. The average Bonchev–Trinajstić information content (AvgIpc) is 2.36. The molecule has 3 aromatic heterocycles. The van der Waals surface area contributed by atoms with Gasteiger partial charge in [0.15, 0.2) is 0 Å². The maximum Gasteiger partial charge on any atom is 0.268 e. The molecule has 0 aliphatic heterocycles. The largest absolute Gasteiger partial charge is 0.510 e. The number of hydrogen-bond donors (Lipinski definition) is 0. The van der Waals surface area contributed by atoms with E-state index in [0.29, 0.717) is 28.2 Å². The number of nitrogens with zero attached hydrogens (tertiary/aromatic N) is 4. The molecule has 72 heavy (non-hydrogen) atoms. The molecule has 0 unspecified atom stereocenters. The van der Waals surface area contributed by atoms with E-state index >= 15 is 0 Å². The van der Waals surface area contributed by atoms with Gasteiger partial charge in [0.05, 0.1) is 23.6 Å². The second-order valence-electron chi connectivity index (χ2n) is 22.7. The number of imidazole rings is 1. The zero-order chi connectivity index (χ0) is 59.7. The monoisotopic (exact) mass is 1140 g/mol. The van der Waals surface area contributed by atoms with Crippen LogP contribution >= 0.6 is 0 Å². The molecular formula is C66H66N4OPt-2. The SMILES string of the molecule is [2H]c1c([2H])c([2H])c(-c2cnc(-n3c4[c-]c(Oc5[c-]c(-n6[c-][n+](-c7c(C(C)(C)C)cc(C([2H])([2H])[2H])cc7C(C)(C)C)c7ccc(-c8cc(C(C)(C)C)cc(C(C)(C)C)c8)cc76)ccc5)ccc4c4ccccc43)cc2C([2H])([2H])[2H])c([2H])c1[2H].[Pt]. The molecule has 0 saturated carbocycles. The van der Waals surface area contributed by atoms with E-state index in [1.165, 1.54) is 23.4 Å². The predicted octanol–water partition coefficient (Wildman–Crippen LogP) is 16.7. The summed E-state index contributed by atoms with van der Waals surface area (Å²) in [6.07, 6.45) is 5.01. The van der Waals surface area contributed by atoms with Gasteiger partial charge < -0.3 is 13.9 Å². The minimum absolute atomic E-state index is 0. The molecular weight excluding hydrogens is 1060 g/mol. The fraction of sp³-hybridized carbons (Fsp3) is 0.273. The zero-order valence-corrected chi connectivity index (χ0v) is 45.3. The topological polar surface area (TPSA) is 35.9 Å². The number of aromatic nitrogens is 4. The van der Waals surface area contributed by atoms with Crippen molar-refractivity contribution in [2.75, 3.05) is 0 Å². The third kappa shape index (κ3) is 9.49. The molecule has 10 rings (SSSR count). The van der Waals surface area contributed by atoms with E-state index in [0.717, 1.165) is 49.7 Å². The van der Waals surface area contributed by atoms with Crippen molar-refractivity contribution in [3.8, 4) is 50.9 Å². The van der Waals surface area contributed by atoms with Crippen molar-refractivity contribution in [2.45, 2.75) is 118 Å². The Labute approximate surface area is 457 Å². The normalized spacial score (nSPS) is 15.0. The van der Waals surface area contributed by atoms with Gasteiger partial charge in [-0.1, -0.05) is 185 Å². The van der Waals surface area contributed by atoms with Gasteiger partial charge in [0.25, 0.3) is 6.33 Å². The number of hydrogen-bond acceptors (Lipinski definition) is 2. The molecule has 3 heterocycles. The predicted molar refractivity (Wildman–Crippen MR) is 295 cm³/mol. The quantitative estimate of drug-likeness (QED) is 0.118. The van der Waals surface area contributed by atoms with Crippen molar-refractivity contribution in [3.05, 3.63) is 197 Å². The van der Waals surface area contributed by atoms with Crippen LogP contribution in [0.1, 0.15) is 132 Å². The summed E-state index contributed by atoms with van der Waals surface area (Å²) in [6.45, 7) is 20.9. The van der Waals surface area contributed by atoms with Crippen LogP contribution in [0.2, 0.25) is 0 Å². The minimum atomic E-state index is -2.78. The number of rotatable bonds is 7. The van der Waals surface area contributed by atoms with Gasteiger partial charge >= 0.3 is 0 Å². The van der Waals surface area contributed by atoms with E-state index in [1.807, 2.05) is 65.2 Å². The first-order valence-electron chi connectivity index (χ1n) is 29.6. The van der Waals surface area contributed by atoms with Crippen LogP contribution in [0.25, 0.3) is 72.3 Å². The summed E-state index contributed by atoms with van der Waals surface area (Å²) in [5.41, 5.74) is 9.06. The summed E-state index contributed by atoms with van der Waals surface area (Å²) in [4.78, 5) is 4.73. The van der Waals surface area contributed by atoms with Gasteiger partial charge in [0, 0.05) is 58.1 Å². The zero-order valence-electron chi connectivity index (χ0n) is 54.0. The summed E-state index contributed by atoms with van der Waals surface area (Å²) in [5, 5.41) is 1.61. The number of benzene rings is 7. The van der Waals surface area contributed by atoms with Crippen LogP contribution in [0, 0.1) is 32.2 Å². The van der Waals surface area contributed by atoms with Crippen LogP contribution in [-0.4, -0.2) is 14.1 Å². The van der Waals surface area contributed by atoms with Crippen molar-refractivity contribution in [3.63, 3.8) is 0 Å². The Kier molecular flexibility index (Phi) is 9.79. The molecule has 0 aliphatic carbocycles. The van der Waals surface area contributed by atoms with E-state index in [4.69, 9.17) is 24.8 Å². The number of pyridine rings is 1. The fourth-order valence-corrected chi connectivity index (χ4v) is 9.38. The summed E-state index contributed by atoms with van der Waals surface area (Å²) < 4.78 is 106. The first kappa shape index (κ1) is 38.1. The van der Waals surface area contributed by atoms with Crippen molar-refractivity contribution in [2.24, 2.45) is 0 Å². The van der Waals surface area contributed by atoms with Crippen LogP contribution in [0.15, 0.2) is 146 Å². The summed E-state index contributed by atoms with van der Waals surface area (Å²) in [5.74, 6) is 0.887. The van der Waals surface area contributed by atoms with E-state index < -0.39 is 54.7 Å². The van der Waals surface area contributed by atoms with Gasteiger partial charge in [-0.15, -0.1) is 29.7 Å².